The van der Waals surface area contributed by atoms with E-state index in [1.54, 1.807) is 0 Å². The number of piperidine rings is 1. The van der Waals surface area contributed by atoms with E-state index in [-0.39, 0.29) is 0 Å². The summed E-state index contributed by atoms with van der Waals surface area (Å²) in [5.41, 5.74) is 2.22. The molecule has 136 valence electrons. The molecule has 1 fully saturated rings. The topological polar surface area (TPSA) is 30.3 Å². The minimum Gasteiger partial charge on any atom is -0.490 e. The predicted molar refractivity (Wildman–Crippen MR) is 106 cm³/mol. The third-order valence-electron chi connectivity index (χ3n) is 4.96. The third kappa shape index (κ3) is 3.87. The van der Waals surface area contributed by atoms with E-state index in [1.165, 1.54) is 37.9 Å². The normalized spacial score (nSPS) is 15.4. The molecule has 1 saturated heterocycles. The second-order valence-corrected chi connectivity index (χ2v) is 7.19. The Morgan fingerprint density at radius 1 is 0.962 bits per heavy atom. The third-order valence-corrected chi connectivity index (χ3v) is 5.27. The number of aromatic nitrogens is 2. The summed E-state index contributed by atoms with van der Waals surface area (Å²) in [7, 11) is 0. The molecule has 0 aliphatic carbocycles. The lowest BCUT2D eigenvalue weighted by atomic mass is 10.1. The number of para-hydroxylation sites is 3. The molecule has 2 heterocycles. The van der Waals surface area contributed by atoms with Crippen molar-refractivity contribution in [1.82, 2.24) is 14.5 Å². The van der Waals surface area contributed by atoms with E-state index in [9.17, 15) is 0 Å². The van der Waals surface area contributed by atoms with Gasteiger partial charge in [0.2, 0.25) is 0 Å². The minimum atomic E-state index is 0.567. The van der Waals surface area contributed by atoms with Gasteiger partial charge in [-0.2, -0.15) is 0 Å². The summed E-state index contributed by atoms with van der Waals surface area (Å²) in [6, 6.07) is 15.9. The van der Waals surface area contributed by atoms with Crippen molar-refractivity contribution >= 4 is 22.6 Å². The first-order valence-corrected chi connectivity index (χ1v) is 9.73. The molecule has 0 bridgehead atoms. The highest BCUT2D eigenvalue weighted by atomic mass is 35.5. The Morgan fingerprint density at radius 2 is 1.73 bits per heavy atom. The van der Waals surface area contributed by atoms with Gasteiger partial charge in [0.05, 0.1) is 29.1 Å². The van der Waals surface area contributed by atoms with E-state index in [0.29, 0.717) is 11.6 Å². The summed E-state index contributed by atoms with van der Waals surface area (Å²) in [5, 5.41) is 0.650. The van der Waals surface area contributed by atoms with Crippen molar-refractivity contribution in [2.75, 3.05) is 19.7 Å². The summed E-state index contributed by atoms with van der Waals surface area (Å²) in [6.07, 6.45) is 3.92. The maximum absolute atomic E-state index is 6.19. The van der Waals surface area contributed by atoms with Crippen LogP contribution >= 0.6 is 11.6 Å². The Labute approximate surface area is 159 Å². The Hall–Kier alpha value is -2.04. The van der Waals surface area contributed by atoms with Crippen molar-refractivity contribution in [1.29, 1.82) is 0 Å². The lowest BCUT2D eigenvalue weighted by molar-refractivity contribution is 0.211. The van der Waals surface area contributed by atoms with Crippen LogP contribution in [0.4, 0.5) is 0 Å². The first-order valence-electron chi connectivity index (χ1n) is 9.35. The molecule has 0 unspecified atom stereocenters. The molecule has 5 heteroatoms. The van der Waals surface area contributed by atoms with E-state index in [4.69, 9.17) is 21.3 Å². The molecule has 0 atom stereocenters. The minimum absolute atomic E-state index is 0.567. The number of likely N-dealkylation sites (tertiary alicyclic amines) is 1. The van der Waals surface area contributed by atoms with Crippen LogP contribution in [0.2, 0.25) is 5.02 Å². The van der Waals surface area contributed by atoms with Gasteiger partial charge < -0.3 is 9.30 Å². The Morgan fingerprint density at radius 3 is 2.58 bits per heavy atom. The molecule has 4 nitrogen and oxygen atoms in total. The van der Waals surface area contributed by atoms with Gasteiger partial charge >= 0.3 is 0 Å². The van der Waals surface area contributed by atoms with Gasteiger partial charge in [-0.25, -0.2) is 4.98 Å². The zero-order valence-electron chi connectivity index (χ0n) is 14.9. The molecule has 0 radical (unpaired) electrons. The number of nitrogens with zero attached hydrogens (tertiary/aromatic N) is 3. The SMILES string of the molecule is Clc1ccccc1OCCn1c(CN2CCCCC2)nc2ccccc21. The lowest BCUT2D eigenvalue weighted by Gasteiger charge is -2.26. The molecular weight excluding hydrogens is 346 g/mol. The van der Waals surface area contributed by atoms with Gasteiger partial charge in [-0.1, -0.05) is 42.3 Å². The second-order valence-electron chi connectivity index (χ2n) is 6.78. The Bertz CT molecular complexity index is 871. The van der Waals surface area contributed by atoms with Gasteiger partial charge in [-0.05, 0) is 50.2 Å². The molecule has 2 aromatic carbocycles. The maximum atomic E-state index is 6.19. The van der Waals surface area contributed by atoms with Crippen LogP contribution in [0.15, 0.2) is 48.5 Å². The summed E-state index contributed by atoms with van der Waals surface area (Å²) in [5.74, 6) is 1.85. The number of rotatable bonds is 6. The van der Waals surface area contributed by atoms with Gasteiger partial charge in [0.15, 0.2) is 0 Å². The number of hydrogen-bond donors (Lipinski definition) is 0. The highest BCUT2D eigenvalue weighted by Crippen LogP contribution is 2.24. The van der Waals surface area contributed by atoms with Crippen LogP contribution in [-0.4, -0.2) is 34.1 Å². The first-order chi connectivity index (χ1) is 12.8. The van der Waals surface area contributed by atoms with Crippen LogP contribution in [0.1, 0.15) is 25.1 Å². The van der Waals surface area contributed by atoms with Crippen molar-refractivity contribution in [2.45, 2.75) is 32.4 Å². The van der Waals surface area contributed by atoms with Crippen molar-refractivity contribution in [3.63, 3.8) is 0 Å². The molecule has 26 heavy (non-hydrogen) atoms. The number of ether oxygens (including phenoxy) is 1. The van der Waals surface area contributed by atoms with Crippen molar-refractivity contribution in [3.05, 3.63) is 59.4 Å². The van der Waals surface area contributed by atoms with Crippen LogP contribution in [-0.2, 0) is 13.1 Å². The fraction of sp³-hybridized carbons (Fsp3) is 0.381. The number of hydrogen-bond acceptors (Lipinski definition) is 3. The van der Waals surface area contributed by atoms with Gasteiger partial charge in [0.1, 0.15) is 18.2 Å². The van der Waals surface area contributed by atoms with Crippen LogP contribution in [0.25, 0.3) is 11.0 Å². The molecule has 1 aromatic heterocycles. The molecular formula is C21H24ClN3O. The van der Waals surface area contributed by atoms with E-state index >= 15 is 0 Å². The molecule has 0 saturated carbocycles. The van der Waals surface area contributed by atoms with Crippen molar-refractivity contribution < 1.29 is 4.74 Å². The summed E-state index contributed by atoms with van der Waals surface area (Å²) >= 11 is 6.19. The highest BCUT2D eigenvalue weighted by molar-refractivity contribution is 6.32. The van der Waals surface area contributed by atoms with E-state index in [1.807, 2.05) is 30.3 Å². The summed E-state index contributed by atoms with van der Waals surface area (Å²) < 4.78 is 8.20. The fourth-order valence-corrected chi connectivity index (χ4v) is 3.81. The van der Waals surface area contributed by atoms with Gasteiger partial charge in [0.25, 0.3) is 0 Å². The smallest absolute Gasteiger partial charge is 0.137 e. The van der Waals surface area contributed by atoms with Crippen LogP contribution < -0.4 is 4.74 Å². The molecule has 3 aromatic rings. The first kappa shape index (κ1) is 17.4. The molecule has 1 aliphatic rings. The largest absolute Gasteiger partial charge is 0.490 e. The van der Waals surface area contributed by atoms with Gasteiger partial charge in [-0.3, -0.25) is 4.90 Å². The van der Waals surface area contributed by atoms with Crippen molar-refractivity contribution in [3.8, 4) is 5.75 Å². The molecule has 0 amide bonds. The summed E-state index contributed by atoms with van der Waals surface area (Å²) in [6.45, 7) is 4.56. The van der Waals surface area contributed by atoms with Crippen molar-refractivity contribution in [2.24, 2.45) is 0 Å². The fourth-order valence-electron chi connectivity index (χ4n) is 3.62. The van der Waals surface area contributed by atoms with Crippen LogP contribution in [0.5, 0.6) is 5.75 Å². The molecule has 0 N–H and O–H groups in total. The zero-order valence-corrected chi connectivity index (χ0v) is 15.7. The zero-order chi connectivity index (χ0) is 17.8. The summed E-state index contributed by atoms with van der Waals surface area (Å²) in [4.78, 5) is 7.40. The van der Waals surface area contributed by atoms with E-state index < -0.39 is 0 Å². The average molecular weight is 370 g/mol. The average Bonchev–Trinajstić information content (AvgIpc) is 3.01. The molecule has 0 spiro atoms. The van der Waals surface area contributed by atoms with E-state index in [2.05, 4.69) is 27.7 Å². The second kappa shape index (κ2) is 8.11. The number of benzene rings is 2. The predicted octanol–water partition coefficient (Wildman–Crippen LogP) is 4.75. The monoisotopic (exact) mass is 369 g/mol. The van der Waals surface area contributed by atoms with Crippen LogP contribution in [0, 0.1) is 0 Å². The number of fused-ring (bicyclic) bond motifs is 1. The quantitative estimate of drug-likeness (QED) is 0.627. The Balaban J connectivity index is 1.52. The number of imidazole rings is 1. The van der Waals surface area contributed by atoms with E-state index in [0.717, 1.165) is 30.2 Å². The Kier molecular flexibility index (Phi) is 5.42. The molecule has 1 aliphatic heterocycles. The van der Waals surface area contributed by atoms with Crippen LogP contribution in [0.3, 0.4) is 0 Å². The molecule has 4 rings (SSSR count). The lowest BCUT2D eigenvalue weighted by Crippen LogP contribution is -2.30. The maximum Gasteiger partial charge on any atom is 0.137 e. The van der Waals surface area contributed by atoms with Gasteiger partial charge in [-0.15, -0.1) is 0 Å². The highest BCUT2D eigenvalue weighted by Gasteiger charge is 2.16. The van der Waals surface area contributed by atoms with Gasteiger partial charge in [0, 0.05) is 0 Å². The standard InChI is InChI=1S/C21H24ClN3O/c22-17-8-2-5-11-20(17)26-15-14-25-19-10-4-3-9-18(19)23-21(25)16-24-12-6-1-7-13-24/h2-5,8-11H,1,6-7,12-16H2. The number of halogens is 1.